The van der Waals surface area contributed by atoms with E-state index in [0.29, 0.717) is 0 Å². The van der Waals surface area contributed by atoms with Crippen LogP contribution in [-0.2, 0) is 6.42 Å². The number of fused-ring (bicyclic) bond motifs is 1. The lowest BCUT2D eigenvalue weighted by molar-refractivity contribution is -0.547. The van der Waals surface area contributed by atoms with Gasteiger partial charge in [-0.2, -0.15) is 4.57 Å². The first-order chi connectivity index (χ1) is 10.4. The first-order valence-electron chi connectivity index (χ1n) is 7.15. The topological polar surface area (TPSA) is 3.88 Å². The summed E-state index contributed by atoms with van der Waals surface area (Å²) in [6.07, 6.45) is 7.07. The van der Waals surface area contributed by atoms with E-state index in [-0.39, 0.29) is 0 Å². The van der Waals surface area contributed by atoms with Crippen LogP contribution in [0.5, 0.6) is 0 Å². The second-order valence-corrected chi connectivity index (χ2v) is 4.97. The van der Waals surface area contributed by atoms with Crippen molar-refractivity contribution in [1.82, 2.24) is 0 Å². The Morgan fingerprint density at radius 3 is 2.43 bits per heavy atom. The highest BCUT2D eigenvalue weighted by Gasteiger charge is 2.11. The number of benzene rings is 2. The van der Waals surface area contributed by atoms with Crippen LogP contribution in [0.3, 0.4) is 0 Å². The molecule has 102 valence electrons. The monoisotopic (exact) mass is 272 g/mol. The van der Waals surface area contributed by atoms with Crippen LogP contribution in [0.25, 0.3) is 23.2 Å². The third-order valence-corrected chi connectivity index (χ3v) is 3.53. The highest BCUT2D eigenvalue weighted by atomic mass is 14.9. The van der Waals surface area contributed by atoms with Gasteiger partial charge in [0.15, 0.2) is 11.9 Å². The molecule has 0 spiro atoms. The number of hydrogen-bond acceptors (Lipinski definition) is 0. The molecule has 0 aliphatic rings. The van der Waals surface area contributed by atoms with Crippen LogP contribution in [0, 0.1) is 0 Å². The molecule has 0 radical (unpaired) electrons. The number of nitrogens with zero attached hydrogens (tertiary/aromatic N) is 1. The highest BCUT2D eigenvalue weighted by molar-refractivity contribution is 5.76. The molecule has 0 atom stereocenters. The molecule has 2 aromatic carbocycles. The molecule has 0 unspecified atom stereocenters. The van der Waals surface area contributed by atoms with Gasteiger partial charge in [0.2, 0.25) is 5.52 Å². The van der Waals surface area contributed by atoms with Crippen LogP contribution in [0.1, 0.15) is 11.3 Å². The maximum absolute atomic E-state index is 3.86. The van der Waals surface area contributed by atoms with E-state index in [1.54, 1.807) is 0 Å². The van der Waals surface area contributed by atoms with Crippen molar-refractivity contribution in [3.63, 3.8) is 0 Å². The van der Waals surface area contributed by atoms with E-state index >= 15 is 0 Å². The van der Waals surface area contributed by atoms with E-state index in [1.165, 1.54) is 22.2 Å². The van der Waals surface area contributed by atoms with Crippen molar-refractivity contribution < 1.29 is 4.57 Å². The normalized spacial score (nSPS) is 11.0. The van der Waals surface area contributed by atoms with E-state index in [2.05, 4.69) is 84.1 Å². The van der Waals surface area contributed by atoms with E-state index in [1.807, 2.05) is 12.1 Å². The molecule has 0 N–H and O–H groups in total. The minimum atomic E-state index is 0.851. The van der Waals surface area contributed by atoms with E-state index in [9.17, 15) is 0 Å². The Labute approximate surface area is 125 Å². The molecule has 1 nitrogen and oxygen atoms in total. The smallest absolute Gasteiger partial charge is 0.164 e. The average molecular weight is 272 g/mol. The second-order valence-electron chi connectivity index (χ2n) is 4.97. The lowest BCUT2D eigenvalue weighted by Crippen LogP contribution is -2.32. The third-order valence-electron chi connectivity index (χ3n) is 3.53. The molecule has 0 fully saturated rings. The summed E-state index contributed by atoms with van der Waals surface area (Å²) in [6.45, 7) is 3.86. The summed E-state index contributed by atoms with van der Waals surface area (Å²) in [6, 6.07) is 23.1. The van der Waals surface area contributed by atoms with Gasteiger partial charge in [0, 0.05) is 23.6 Å². The summed E-state index contributed by atoms with van der Waals surface area (Å²) in [4.78, 5) is 0. The predicted molar refractivity (Wildman–Crippen MR) is 89.7 cm³/mol. The van der Waals surface area contributed by atoms with Gasteiger partial charge >= 0.3 is 0 Å². The number of allylic oxidation sites excluding steroid dienone is 1. The van der Waals surface area contributed by atoms with Gasteiger partial charge in [-0.15, -0.1) is 6.58 Å². The van der Waals surface area contributed by atoms with Gasteiger partial charge in [0.1, 0.15) is 0 Å². The molecule has 0 aliphatic carbocycles. The number of pyridine rings is 1. The van der Waals surface area contributed by atoms with Crippen molar-refractivity contribution in [1.29, 1.82) is 0 Å². The van der Waals surface area contributed by atoms with Crippen LogP contribution in [0.2, 0.25) is 0 Å². The highest BCUT2D eigenvalue weighted by Crippen LogP contribution is 2.12. The largest absolute Gasteiger partial charge is 0.218 e. The first-order valence-corrected chi connectivity index (χ1v) is 7.15. The fraction of sp³-hybridized carbons (Fsp3) is 0.0500. The summed E-state index contributed by atoms with van der Waals surface area (Å²) < 4.78 is 2.24. The number of hydrogen-bond donors (Lipinski definition) is 0. The van der Waals surface area contributed by atoms with Crippen molar-refractivity contribution in [3.05, 3.63) is 90.6 Å². The Hall–Kier alpha value is -2.67. The molecule has 3 rings (SSSR count). The summed E-state index contributed by atoms with van der Waals surface area (Å²) in [5.74, 6) is 0. The van der Waals surface area contributed by atoms with E-state index < -0.39 is 0 Å². The molecule has 0 amide bonds. The minimum Gasteiger partial charge on any atom is -0.164 e. The van der Waals surface area contributed by atoms with Crippen LogP contribution in [-0.4, -0.2) is 0 Å². The lowest BCUT2D eigenvalue weighted by atomic mass is 10.1. The maximum atomic E-state index is 3.86. The van der Waals surface area contributed by atoms with Crippen molar-refractivity contribution >= 4 is 23.2 Å². The molecule has 3 aromatic rings. The Kier molecular flexibility index (Phi) is 3.92. The van der Waals surface area contributed by atoms with E-state index in [0.717, 1.165) is 6.42 Å². The van der Waals surface area contributed by atoms with Crippen LogP contribution in [0.4, 0.5) is 0 Å². The molecule has 1 heterocycles. The minimum absolute atomic E-state index is 0.851. The molecule has 21 heavy (non-hydrogen) atoms. The summed E-state index contributed by atoms with van der Waals surface area (Å²) in [7, 11) is 0. The van der Waals surface area contributed by atoms with Gasteiger partial charge in [0.25, 0.3) is 0 Å². The quantitative estimate of drug-likeness (QED) is 0.487. The summed E-state index contributed by atoms with van der Waals surface area (Å²) in [5, 5.41) is 1.24. The van der Waals surface area contributed by atoms with Gasteiger partial charge in [-0.25, -0.2) is 0 Å². The SMILES string of the molecule is C=CCc1ccc2ccccc2[n+]1C=Cc1ccccc1. The first kappa shape index (κ1) is 13.3. The van der Waals surface area contributed by atoms with E-state index in [4.69, 9.17) is 0 Å². The molecule has 0 bridgehead atoms. The van der Waals surface area contributed by atoms with Crippen molar-refractivity contribution in [3.8, 4) is 0 Å². The van der Waals surface area contributed by atoms with Crippen molar-refractivity contribution in [2.45, 2.75) is 6.42 Å². The number of rotatable bonds is 4. The molecule has 0 aliphatic heterocycles. The fourth-order valence-electron chi connectivity index (χ4n) is 2.48. The Balaban J connectivity index is 2.12. The standard InChI is InChI=1S/C20H18N/c1-2-8-19-14-13-18-11-6-7-12-20(18)21(19)16-15-17-9-4-3-5-10-17/h2-7,9-16H,1,8H2/q+1. The average Bonchev–Trinajstić information content (AvgIpc) is 2.55. The van der Waals surface area contributed by atoms with Gasteiger partial charge in [-0.3, -0.25) is 0 Å². The van der Waals surface area contributed by atoms with Crippen molar-refractivity contribution in [2.75, 3.05) is 0 Å². The fourth-order valence-corrected chi connectivity index (χ4v) is 2.48. The Morgan fingerprint density at radius 1 is 0.857 bits per heavy atom. The molecule has 0 saturated carbocycles. The van der Waals surface area contributed by atoms with Gasteiger partial charge in [-0.1, -0.05) is 48.5 Å². The molecular formula is C20H18N+. The summed E-state index contributed by atoms with van der Waals surface area (Å²) in [5.41, 5.74) is 3.64. The molecular weight excluding hydrogens is 254 g/mol. The Morgan fingerprint density at radius 2 is 1.62 bits per heavy atom. The van der Waals surface area contributed by atoms with Crippen LogP contribution >= 0.6 is 0 Å². The summed E-state index contributed by atoms with van der Waals surface area (Å²) >= 11 is 0. The van der Waals surface area contributed by atoms with Crippen LogP contribution < -0.4 is 4.57 Å². The number of aromatic nitrogens is 1. The second kappa shape index (κ2) is 6.19. The van der Waals surface area contributed by atoms with Gasteiger partial charge in [-0.05, 0) is 17.7 Å². The van der Waals surface area contributed by atoms with Gasteiger partial charge in [0.05, 0.1) is 6.42 Å². The maximum Gasteiger partial charge on any atom is 0.218 e. The lowest BCUT2D eigenvalue weighted by Gasteiger charge is -2.02. The Bertz CT molecular complexity index is 785. The molecule has 0 saturated heterocycles. The van der Waals surface area contributed by atoms with Crippen LogP contribution in [0.15, 0.2) is 79.4 Å². The predicted octanol–water partition coefficient (Wildman–Crippen LogP) is 4.48. The van der Waals surface area contributed by atoms with Crippen molar-refractivity contribution in [2.24, 2.45) is 0 Å². The zero-order valence-corrected chi connectivity index (χ0v) is 11.9. The molecule has 1 heteroatoms. The zero-order valence-electron chi connectivity index (χ0n) is 11.9. The zero-order chi connectivity index (χ0) is 14.5. The number of para-hydroxylation sites is 1. The third kappa shape index (κ3) is 2.92. The molecule has 1 aromatic heterocycles. The van der Waals surface area contributed by atoms with Gasteiger partial charge < -0.3 is 0 Å².